The molecule has 9 heteroatoms. The van der Waals surface area contributed by atoms with Crippen molar-refractivity contribution in [2.24, 2.45) is 0 Å². The molecular formula is C26H18ClFN2O4S. The molecular weight excluding hydrogens is 491 g/mol. The maximum atomic E-state index is 13.7. The summed E-state index contributed by atoms with van der Waals surface area (Å²) < 4.78 is 19.9. The van der Waals surface area contributed by atoms with Gasteiger partial charge in [0.2, 0.25) is 0 Å². The predicted octanol–water partition coefficient (Wildman–Crippen LogP) is 6.11. The number of aliphatic hydroxyl groups excluding tert-OH is 1. The average Bonchev–Trinajstić information content (AvgIpc) is 3.37. The first-order chi connectivity index (χ1) is 16.9. The molecule has 0 radical (unpaired) electrons. The fourth-order valence-electron chi connectivity index (χ4n) is 4.01. The van der Waals surface area contributed by atoms with Crippen LogP contribution < -0.4 is 9.64 Å². The molecule has 0 spiro atoms. The number of thiazole rings is 1. The van der Waals surface area contributed by atoms with Crippen LogP contribution in [0.4, 0.5) is 9.52 Å². The van der Waals surface area contributed by atoms with Crippen LogP contribution in [0.25, 0.3) is 16.0 Å². The van der Waals surface area contributed by atoms with E-state index in [1.807, 2.05) is 6.92 Å². The number of hydrogen-bond acceptors (Lipinski definition) is 6. The zero-order chi connectivity index (χ0) is 24.7. The molecule has 1 atom stereocenters. The van der Waals surface area contributed by atoms with Crippen molar-refractivity contribution in [3.8, 4) is 5.75 Å². The average molecular weight is 509 g/mol. The molecule has 4 aromatic rings. The van der Waals surface area contributed by atoms with E-state index in [1.54, 1.807) is 42.5 Å². The Hall–Kier alpha value is -3.75. The molecule has 1 amide bonds. The van der Waals surface area contributed by atoms with Crippen molar-refractivity contribution < 1.29 is 23.8 Å². The van der Waals surface area contributed by atoms with E-state index in [4.69, 9.17) is 16.3 Å². The SMILES string of the molecule is CCOc1ccc(/C(O)=C2\C(=O)C(=O)N(c3nc4ccc(Cl)cc4s3)C2c2ccc(F)cc2)cc1. The van der Waals surface area contributed by atoms with E-state index < -0.39 is 23.5 Å². The van der Waals surface area contributed by atoms with Crippen molar-refractivity contribution in [2.75, 3.05) is 11.5 Å². The molecule has 1 unspecified atom stereocenters. The van der Waals surface area contributed by atoms with Crippen molar-refractivity contribution in [3.05, 3.63) is 94.3 Å². The minimum atomic E-state index is -1.00. The van der Waals surface area contributed by atoms with Gasteiger partial charge in [-0.15, -0.1) is 0 Å². The number of anilines is 1. The smallest absolute Gasteiger partial charge is 0.301 e. The largest absolute Gasteiger partial charge is 0.507 e. The highest BCUT2D eigenvalue weighted by atomic mass is 35.5. The summed E-state index contributed by atoms with van der Waals surface area (Å²) in [4.78, 5) is 32.3. The standard InChI is InChI=1S/C26H18ClFN2O4S/c1-2-34-18-10-5-15(6-11-18)23(31)21-22(14-3-8-17(28)9-4-14)30(25(33)24(21)32)26-29-19-12-7-16(27)13-20(19)35-26/h3-13,22,31H,2H2,1H3/b23-21+. The monoisotopic (exact) mass is 508 g/mol. The van der Waals surface area contributed by atoms with Crippen molar-refractivity contribution in [1.29, 1.82) is 0 Å². The molecule has 1 aliphatic heterocycles. The third kappa shape index (κ3) is 4.15. The zero-order valence-corrected chi connectivity index (χ0v) is 19.9. The number of aliphatic hydroxyl groups is 1. The summed E-state index contributed by atoms with van der Waals surface area (Å²) in [5.41, 5.74) is 1.30. The van der Waals surface area contributed by atoms with E-state index in [0.717, 1.165) is 4.70 Å². The zero-order valence-electron chi connectivity index (χ0n) is 18.4. The van der Waals surface area contributed by atoms with Crippen LogP contribution in [0.2, 0.25) is 5.02 Å². The van der Waals surface area contributed by atoms with Gasteiger partial charge in [0, 0.05) is 10.6 Å². The first-order valence-electron chi connectivity index (χ1n) is 10.7. The Morgan fingerprint density at radius 1 is 1.11 bits per heavy atom. The highest BCUT2D eigenvalue weighted by Gasteiger charge is 2.48. The van der Waals surface area contributed by atoms with Crippen LogP contribution in [0.5, 0.6) is 5.75 Å². The first kappa shape index (κ1) is 23.0. The number of aromatic nitrogens is 1. The van der Waals surface area contributed by atoms with E-state index in [0.29, 0.717) is 34.0 Å². The van der Waals surface area contributed by atoms with Crippen LogP contribution in [-0.4, -0.2) is 28.4 Å². The van der Waals surface area contributed by atoms with Gasteiger partial charge >= 0.3 is 5.91 Å². The van der Waals surface area contributed by atoms with Crippen LogP contribution in [0.15, 0.2) is 72.3 Å². The van der Waals surface area contributed by atoms with Crippen LogP contribution in [0.3, 0.4) is 0 Å². The van der Waals surface area contributed by atoms with Gasteiger partial charge < -0.3 is 9.84 Å². The van der Waals surface area contributed by atoms with Crippen molar-refractivity contribution in [2.45, 2.75) is 13.0 Å². The van der Waals surface area contributed by atoms with E-state index >= 15 is 0 Å². The Bertz CT molecular complexity index is 1480. The van der Waals surface area contributed by atoms with Crippen molar-refractivity contribution in [3.63, 3.8) is 0 Å². The Morgan fingerprint density at radius 2 is 1.83 bits per heavy atom. The number of carbonyl (C=O) groups excluding carboxylic acids is 2. The third-order valence-electron chi connectivity index (χ3n) is 5.61. The lowest BCUT2D eigenvalue weighted by Gasteiger charge is -2.23. The predicted molar refractivity (Wildman–Crippen MR) is 133 cm³/mol. The number of nitrogens with zero attached hydrogens (tertiary/aromatic N) is 2. The number of rotatable bonds is 5. The molecule has 5 rings (SSSR count). The summed E-state index contributed by atoms with van der Waals surface area (Å²) in [7, 11) is 0. The summed E-state index contributed by atoms with van der Waals surface area (Å²) in [6, 6.07) is 16.1. The van der Waals surface area contributed by atoms with Crippen molar-refractivity contribution >= 4 is 55.7 Å². The second-order valence-electron chi connectivity index (χ2n) is 7.79. The minimum absolute atomic E-state index is 0.108. The van der Waals surface area contributed by atoms with Crippen molar-refractivity contribution in [1.82, 2.24) is 4.98 Å². The number of fused-ring (bicyclic) bond motifs is 1. The van der Waals surface area contributed by atoms with Crippen LogP contribution in [-0.2, 0) is 9.59 Å². The Balaban J connectivity index is 1.68. The van der Waals surface area contributed by atoms with Gasteiger partial charge in [0.25, 0.3) is 5.78 Å². The molecule has 1 saturated heterocycles. The minimum Gasteiger partial charge on any atom is -0.507 e. The van der Waals surface area contributed by atoms with Gasteiger partial charge in [0.15, 0.2) is 5.13 Å². The fraction of sp³-hybridized carbons (Fsp3) is 0.115. The normalized spacial score (nSPS) is 17.3. The van der Waals surface area contributed by atoms with Gasteiger partial charge in [0.05, 0.1) is 28.4 Å². The molecule has 176 valence electrons. The lowest BCUT2D eigenvalue weighted by Crippen LogP contribution is -2.29. The lowest BCUT2D eigenvalue weighted by molar-refractivity contribution is -0.132. The first-order valence-corrected chi connectivity index (χ1v) is 11.9. The van der Waals surface area contributed by atoms with Crippen LogP contribution in [0, 0.1) is 5.82 Å². The number of Topliss-reactive ketones (excluding diaryl/α,β-unsaturated/α-hetero) is 1. The fourth-order valence-corrected chi connectivity index (χ4v) is 5.28. The summed E-state index contributed by atoms with van der Waals surface area (Å²) in [6.45, 7) is 2.34. The molecule has 1 fully saturated rings. The second-order valence-corrected chi connectivity index (χ2v) is 9.23. The Morgan fingerprint density at radius 3 is 2.51 bits per heavy atom. The van der Waals surface area contributed by atoms with Gasteiger partial charge in [0.1, 0.15) is 17.3 Å². The summed E-state index contributed by atoms with van der Waals surface area (Å²) >= 11 is 7.30. The molecule has 6 nitrogen and oxygen atoms in total. The van der Waals surface area contributed by atoms with Gasteiger partial charge in [-0.05, 0) is 67.1 Å². The number of ether oxygens (including phenoxy) is 1. The highest BCUT2D eigenvalue weighted by Crippen LogP contribution is 2.44. The summed E-state index contributed by atoms with van der Waals surface area (Å²) in [5, 5.41) is 12.0. The van der Waals surface area contributed by atoms with Gasteiger partial charge in [-0.3, -0.25) is 14.5 Å². The van der Waals surface area contributed by atoms with E-state index in [9.17, 15) is 19.1 Å². The summed E-state index contributed by atoms with van der Waals surface area (Å²) in [5.74, 6) is -1.90. The number of benzene rings is 3. The molecule has 35 heavy (non-hydrogen) atoms. The highest BCUT2D eigenvalue weighted by molar-refractivity contribution is 7.22. The van der Waals surface area contributed by atoms with Crippen LogP contribution >= 0.6 is 22.9 Å². The Labute approximate surface area is 208 Å². The Kier molecular flexibility index (Phi) is 6.00. The lowest BCUT2D eigenvalue weighted by atomic mass is 9.95. The van der Waals surface area contributed by atoms with E-state index in [-0.39, 0.29) is 16.5 Å². The molecule has 1 aromatic heterocycles. The molecule has 1 N–H and O–H groups in total. The third-order valence-corrected chi connectivity index (χ3v) is 6.87. The molecule has 3 aromatic carbocycles. The number of hydrogen-bond donors (Lipinski definition) is 1. The second kappa shape index (κ2) is 9.13. The van der Waals surface area contributed by atoms with E-state index in [2.05, 4.69) is 4.98 Å². The van der Waals surface area contributed by atoms with Gasteiger partial charge in [-0.2, -0.15) is 0 Å². The summed E-state index contributed by atoms with van der Waals surface area (Å²) in [6.07, 6.45) is 0. The van der Waals surface area contributed by atoms with E-state index in [1.165, 1.54) is 40.5 Å². The number of halogens is 2. The quantitative estimate of drug-likeness (QED) is 0.200. The molecule has 0 saturated carbocycles. The topological polar surface area (TPSA) is 79.7 Å². The maximum Gasteiger partial charge on any atom is 0.301 e. The van der Waals surface area contributed by atoms with Gasteiger partial charge in [-0.25, -0.2) is 9.37 Å². The maximum absolute atomic E-state index is 13.7. The number of amides is 1. The molecule has 0 bridgehead atoms. The molecule has 1 aliphatic rings. The van der Waals surface area contributed by atoms with Crippen LogP contribution in [0.1, 0.15) is 24.1 Å². The number of ketones is 1. The molecule has 2 heterocycles. The number of carbonyl (C=O) groups is 2. The van der Waals surface area contributed by atoms with Gasteiger partial charge in [-0.1, -0.05) is 35.1 Å². The molecule has 0 aliphatic carbocycles.